The number of amides is 8. The van der Waals surface area contributed by atoms with Crippen LogP contribution in [-0.2, 0) is 57.6 Å². The Morgan fingerprint density at radius 3 is 1.38 bits per heavy atom. The van der Waals surface area contributed by atoms with Crippen molar-refractivity contribution in [3.63, 3.8) is 0 Å². The van der Waals surface area contributed by atoms with Gasteiger partial charge >= 0.3 is 11.9 Å². The van der Waals surface area contributed by atoms with Crippen LogP contribution in [-0.4, -0.2) is 129 Å². The molecule has 0 aliphatic carbocycles. The molecule has 3 N–H and O–H groups in total. The molecular weight excluding hydrogens is 831 g/mol. The molecule has 64 heavy (non-hydrogen) atoms. The van der Waals surface area contributed by atoms with Gasteiger partial charge in [-0.3, -0.25) is 38.4 Å². The maximum absolute atomic E-state index is 12.2. The first-order valence-corrected chi connectivity index (χ1v) is 21.9. The third-order valence-corrected chi connectivity index (χ3v) is 10.7. The Hall–Kier alpha value is -5.98. The van der Waals surface area contributed by atoms with Crippen LogP contribution in [0.2, 0.25) is 0 Å². The molecule has 0 bridgehead atoms. The first kappa shape index (κ1) is 56.0. The lowest BCUT2D eigenvalue weighted by molar-refractivity contribution is -0.201. The molecule has 4 unspecified atom stereocenters. The minimum atomic E-state index is -0.807. The zero-order valence-corrected chi connectivity index (χ0v) is 38.1. The predicted octanol–water partition coefficient (Wildman–Crippen LogP) is 3.40. The largest absolute Gasteiger partial charge is 0.356 e. The molecule has 0 radical (unpaired) electrons. The average molecular weight is 900 g/mol. The first-order valence-electron chi connectivity index (χ1n) is 21.9. The molecule has 5 heterocycles. The highest BCUT2D eigenvalue weighted by molar-refractivity contribution is 6.02. The maximum atomic E-state index is 12.2. The minimum absolute atomic E-state index is 0.0200. The van der Waals surface area contributed by atoms with Crippen molar-refractivity contribution in [2.75, 3.05) is 32.7 Å². The molecule has 5 aliphatic heterocycles. The smallest absolute Gasteiger partial charge is 0.352 e. The summed E-state index contributed by atoms with van der Waals surface area (Å²) >= 11 is 0. The Kier molecular flexibility index (Phi) is 26.4. The first-order chi connectivity index (χ1) is 30.4. The number of hydrogen-bond donors (Lipinski definition) is 2. The van der Waals surface area contributed by atoms with Crippen LogP contribution in [0, 0.1) is 11.8 Å². The topological polar surface area (TPSA) is 243 Å². The van der Waals surface area contributed by atoms with Gasteiger partial charge in [0.15, 0.2) is 0 Å². The zero-order valence-electron chi connectivity index (χ0n) is 38.1. The van der Waals surface area contributed by atoms with Crippen LogP contribution in [0.15, 0.2) is 50.7 Å². The van der Waals surface area contributed by atoms with Crippen molar-refractivity contribution in [3.8, 4) is 0 Å². The van der Waals surface area contributed by atoms with E-state index in [4.69, 9.17) is 10.6 Å². The lowest BCUT2D eigenvalue weighted by Crippen LogP contribution is -2.39. The van der Waals surface area contributed by atoms with Crippen molar-refractivity contribution < 1.29 is 57.6 Å². The Morgan fingerprint density at radius 2 is 1.05 bits per heavy atom. The summed E-state index contributed by atoms with van der Waals surface area (Å²) in [5, 5.41) is 3.89. The number of imide groups is 2. The van der Waals surface area contributed by atoms with Crippen molar-refractivity contribution in [2.24, 2.45) is 17.6 Å². The zero-order chi connectivity index (χ0) is 48.4. The minimum Gasteiger partial charge on any atom is -0.352 e. The van der Waals surface area contributed by atoms with Crippen LogP contribution in [0.5, 0.6) is 0 Å². The van der Waals surface area contributed by atoms with Crippen LogP contribution in [0.25, 0.3) is 0 Å². The molecule has 8 amide bonds. The van der Waals surface area contributed by atoms with Crippen molar-refractivity contribution in [1.82, 2.24) is 30.1 Å². The SMILES string of the molecule is C=CC(=O)ON1C(=O)CCC1=O.C=CCN.C=CCNC(=O)C(CC)CC(C)N1CCCC1=O.C=CN1CCCC1=O.CCC(CC(C)N1CCCC1=O)C(=O)ON1C(=O)CCC1=O. The summed E-state index contributed by atoms with van der Waals surface area (Å²) in [6, 6.07) is 0.0944. The molecule has 0 aromatic carbocycles. The monoisotopic (exact) mass is 900 g/mol. The highest BCUT2D eigenvalue weighted by Crippen LogP contribution is 2.24. The van der Waals surface area contributed by atoms with Gasteiger partial charge in [-0.15, -0.1) is 23.3 Å². The third-order valence-electron chi connectivity index (χ3n) is 10.7. The maximum Gasteiger partial charge on any atom is 0.356 e. The van der Waals surface area contributed by atoms with Gasteiger partial charge in [0.25, 0.3) is 23.6 Å². The van der Waals surface area contributed by atoms with E-state index in [1.54, 1.807) is 28.2 Å². The summed E-state index contributed by atoms with van der Waals surface area (Å²) in [6.07, 6.45) is 13.4. The van der Waals surface area contributed by atoms with Gasteiger partial charge in [-0.25, -0.2) is 9.59 Å². The van der Waals surface area contributed by atoms with Gasteiger partial charge in [0.1, 0.15) is 0 Å². The second kappa shape index (κ2) is 30.2. The standard InChI is InChI=1S/C15H22N2O5.C14H24N2O2.C7H7NO4.C6H9NO.C3H7N/c1-3-11(9-10(2)16-8-4-5-12(16)18)15(21)22-17-13(19)6-7-14(17)20;1-4-8-15-14(18)12(5-2)10-11(3)16-9-6-7-13(16)17;1-2-7(11)12-8-5(9)3-4-6(8)10;1-2-7-5-3-4-6(7)8;1-2-3-4/h10-11H,3-9H2,1-2H3;4,11-12H,1,5-10H2,2-3H3,(H,15,18);2H,1,3-4H2;2H,1,3-5H2;2H,1,3-4H2. The van der Waals surface area contributed by atoms with Crippen LogP contribution in [0.1, 0.15) is 118 Å². The van der Waals surface area contributed by atoms with E-state index in [1.165, 1.54) is 0 Å². The van der Waals surface area contributed by atoms with E-state index in [1.807, 2.05) is 32.6 Å². The molecule has 0 spiro atoms. The molecule has 19 heteroatoms. The number of carbonyl (C=O) groups excluding carboxylic acids is 10. The number of carbonyl (C=O) groups is 10. The molecule has 0 aromatic rings. The van der Waals surface area contributed by atoms with Crippen molar-refractivity contribution in [3.05, 3.63) is 50.7 Å². The second-order valence-electron chi connectivity index (χ2n) is 15.4. The number of likely N-dealkylation sites (tertiary alicyclic amines) is 3. The number of rotatable bonds is 17. The quantitative estimate of drug-likeness (QED) is 0.121. The van der Waals surface area contributed by atoms with Crippen molar-refractivity contribution in [2.45, 2.75) is 130 Å². The van der Waals surface area contributed by atoms with Crippen molar-refractivity contribution in [1.29, 1.82) is 0 Å². The molecule has 5 fully saturated rings. The molecule has 0 aromatic heterocycles. The van der Waals surface area contributed by atoms with Crippen LogP contribution in [0.3, 0.4) is 0 Å². The molecule has 5 saturated heterocycles. The van der Waals surface area contributed by atoms with Gasteiger partial charge in [-0.2, -0.15) is 0 Å². The Morgan fingerprint density at radius 1 is 0.625 bits per heavy atom. The van der Waals surface area contributed by atoms with E-state index in [-0.39, 0.29) is 67.3 Å². The second-order valence-corrected chi connectivity index (χ2v) is 15.4. The molecular formula is C45H69N7O12. The normalized spacial score (nSPS) is 18.5. The van der Waals surface area contributed by atoms with E-state index < -0.39 is 41.5 Å². The molecule has 5 aliphatic rings. The summed E-state index contributed by atoms with van der Waals surface area (Å²) < 4.78 is 0. The number of hydrogen-bond acceptors (Lipinski definition) is 13. The summed E-state index contributed by atoms with van der Waals surface area (Å²) in [5.74, 6) is -3.17. The van der Waals surface area contributed by atoms with Gasteiger partial charge < -0.3 is 35.4 Å². The molecule has 0 saturated carbocycles. The number of nitrogens with two attached hydrogens (primary N) is 1. The Bertz CT molecular complexity index is 1670. The molecule has 356 valence electrons. The Balaban J connectivity index is 0.000000436. The summed E-state index contributed by atoms with van der Waals surface area (Å²) in [4.78, 5) is 128. The van der Waals surface area contributed by atoms with E-state index in [2.05, 4.69) is 36.5 Å². The van der Waals surface area contributed by atoms with Crippen LogP contribution >= 0.6 is 0 Å². The van der Waals surface area contributed by atoms with Crippen LogP contribution in [0.4, 0.5) is 0 Å². The van der Waals surface area contributed by atoms with E-state index >= 15 is 0 Å². The van der Waals surface area contributed by atoms with Gasteiger partial charge in [0.2, 0.25) is 23.6 Å². The average Bonchev–Trinajstić information content (AvgIpc) is 4.14. The summed E-state index contributed by atoms with van der Waals surface area (Å²) in [7, 11) is 0. The highest BCUT2D eigenvalue weighted by Gasteiger charge is 2.36. The van der Waals surface area contributed by atoms with E-state index in [0.29, 0.717) is 61.9 Å². The third kappa shape index (κ3) is 18.8. The molecule has 19 nitrogen and oxygen atoms in total. The molecule has 4 atom stereocenters. The fraction of sp³-hybridized carbons (Fsp3) is 0.600. The predicted molar refractivity (Wildman–Crippen MR) is 236 cm³/mol. The van der Waals surface area contributed by atoms with Crippen LogP contribution < -0.4 is 11.1 Å². The summed E-state index contributed by atoms with van der Waals surface area (Å²) in [5.41, 5.74) is 4.91. The molecule has 5 rings (SSSR count). The van der Waals surface area contributed by atoms with Gasteiger partial charge in [-0.05, 0) is 65.0 Å². The number of hydroxylamine groups is 4. The highest BCUT2D eigenvalue weighted by atomic mass is 16.7. The fourth-order valence-electron chi connectivity index (χ4n) is 7.02. The van der Waals surface area contributed by atoms with Gasteiger partial charge in [-0.1, -0.05) is 39.2 Å². The van der Waals surface area contributed by atoms with Gasteiger partial charge in [0, 0.05) is 102 Å². The van der Waals surface area contributed by atoms with Gasteiger partial charge in [0.05, 0.1) is 5.92 Å². The van der Waals surface area contributed by atoms with E-state index in [9.17, 15) is 47.9 Å². The fourth-order valence-corrected chi connectivity index (χ4v) is 7.02. The Labute approximate surface area is 376 Å². The van der Waals surface area contributed by atoms with Crippen molar-refractivity contribution >= 4 is 59.2 Å². The lowest BCUT2D eigenvalue weighted by atomic mass is 9.96. The summed E-state index contributed by atoms with van der Waals surface area (Å²) in [6.45, 7) is 24.9. The number of nitrogens with zero attached hydrogens (tertiary/aromatic N) is 5. The number of nitrogens with one attached hydrogen (secondary N) is 1. The van der Waals surface area contributed by atoms with E-state index in [0.717, 1.165) is 51.3 Å². The lowest BCUT2D eigenvalue weighted by Gasteiger charge is -2.27.